The van der Waals surface area contributed by atoms with Crippen LogP contribution in [0, 0.1) is 5.92 Å². The number of morpholine rings is 1. The second-order valence-electron chi connectivity index (χ2n) is 3.48. The number of carbonyl (C=O) groups excluding carboxylic acids is 1. The molecule has 0 radical (unpaired) electrons. The first kappa shape index (κ1) is 13.7. The van der Waals surface area contributed by atoms with Crippen molar-refractivity contribution >= 4 is 5.91 Å². The van der Waals surface area contributed by atoms with Crippen LogP contribution in [0.4, 0.5) is 0 Å². The summed E-state index contributed by atoms with van der Waals surface area (Å²) in [6.45, 7) is 5.67. The van der Waals surface area contributed by atoms with Gasteiger partial charge in [0, 0.05) is 25.4 Å². The van der Waals surface area contributed by atoms with Gasteiger partial charge < -0.3 is 27.8 Å². The second kappa shape index (κ2) is 7.04. The fraction of sp³-hybridized carbons (Fsp3) is 0.889. The lowest BCUT2D eigenvalue weighted by Gasteiger charge is -2.28. The highest BCUT2D eigenvalue weighted by atomic mass is 35.5. The Hall–Kier alpha value is -0.320. The number of halogens is 1. The minimum atomic E-state index is 0. The molecule has 14 heavy (non-hydrogen) atoms. The molecule has 1 unspecified atom stereocenters. The van der Waals surface area contributed by atoms with Crippen molar-refractivity contribution < 1.29 is 27.7 Å². The molecule has 84 valence electrons. The van der Waals surface area contributed by atoms with E-state index in [1.807, 2.05) is 11.8 Å². The molecule has 0 bridgehead atoms. The average molecular weight is 223 g/mol. The fourth-order valence-electron chi connectivity index (χ4n) is 1.53. The van der Waals surface area contributed by atoms with E-state index in [-0.39, 0.29) is 24.2 Å². The van der Waals surface area contributed by atoms with Crippen LogP contribution in [-0.2, 0) is 9.53 Å². The molecule has 5 heteroatoms. The summed E-state index contributed by atoms with van der Waals surface area (Å²) in [5, 5.41) is 0. The zero-order valence-electron chi connectivity index (χ0n) is 8.67. The highest BCUT2D eigenvalue weighted by molar-refractivity contribution is 5.78. The molecule has 0 saturated carbocycles. The Kier molecular flexibility index (Phi) is 6.87. The average Bonchev–Trinajstić information content (AvgIpc) is 2.18. The van der Waals surface area contributed by atoms with Gasteiger partial charge in [0.25, 0.3) is 0 Å². The molecule has 1 saturated heterocycles. The maximum Gasteiger partial charge on any atom is 0.225 e. The molecule has 0 aromatic carbocycles. The Bertz CT molecular complexity index is 172. The van der Waals surface area contributed by atoms with E-state index < -0.39 is 0 Å². The maximum atomic E-state index is 11.7. The van der Waals surface area contributed by atoms with Crippen LogP contribution in [-0.4, -0.2) is 43.7 Å². The molecule has 3 N–H and O–H groups in total. The van der Waals surface area contributed by atoms with Gasteiger partial charge in [-0.05, 0) is 0 Å². The number of hydrogen-bond donors (Lipinski definition) is 1. The zero-order valence-corrected chi connectivity index (χ0v) is 9.42. The third-order valence-corrected chi connectivity index (χ3v) is 2.38. The smallest absolute Gasteiger partial charge is 0.225 e. The Balaban J connectivity index is 0.00000169. The maximum absolute atomic E-state index is 11.7. The minimum Gasteiger partial charge on any atom is -1.00 e. The normalized spacial score (nSPS) is 18.6. The standard InChI is InChI=1S/C9H18N2O2.ClH/c1-8(2-3-10)9(12)11-4-6-13-7-5-11;/h8H,2-7,10H2,1H3;1H. The van der Waals surface area contributed by atoms with Crippen LogP contribution in [0.3, 0.4) is 0 Å². The quantitative estimate of drug-likeness (QED) is 0.531. The first-order chi connectivity index (χ1) is 6.25. The summed E-state index contributed by atoms with van der Waals surface area (Å²) in [5.74, 6) is 0.377. The fourth-order valence-corrected chi connectivity index (χ4v) is 1.53. The van der Waals surface area contributed by atoms with E-state index in [0.717, 1.165) is 26.1 Å². The summed E-state index contributed by atoms with van der Waals surface area (Å²) in [4.78, 5) is 13.6. The minimum absolute atomic E-state index is 0. The number of rotatable bonds is 3. The van der Waals surface area contributed by atoms with Crippen molar-refractivity contribution in [3.05, 3.63) is 0 Å². The second-order valence-corrected chi connectivity index (χ2v) is 3.48. The highest BCUT2D eigenvalue weighted by Gasteiger charge is 2.21. The van der Waals surface area contributed by atoms with E-state index in [2.05, 4.69) is 5.73 Å². The van der Waals surface area contributed by atoms with Crippen LogP contribution in [0.1, 0.15) is 13.3 Å². The summed E-state index contributed by atoms with van der Waals surface area (Å²) >= 11 is 0. The predicted octanol–water partition coefficient (Wildman–Crippen LogP) is -3.88. The lowest BCUT2D eigenvalue weighted by molar-refractivity contribution is -0.369. The number of carbonyl (C=O) groups is 1. The molecule has 1 rings (SSSR count). The van der Waals surface area contributed by atoms with E-state index in [9.17, 15) is 4.79 Å². The molecule has 1 aliphatic rings. The van der Waals surface area contributed by atoms with E-state index >= 15 is 0 Å². The molecule has 0 aliphatic carbocycles. The Labute approximate surface area is 91.2 Å². The molecular formula is C9H19ClN2O2. The molecule has 1 fully saturated rings. The van der Waals surface area contributed by atoms with Crippen molar-refractivity contribution in [3.8, 4) is 0 Å². The van der Waals surface area contributed by atoms with E-state index in [1.54, 1.807) is 0 Å². The molecule has 1 atom stereocenters. The highest BCUT2D eigenvalue weighted by Crippen LogP contribution is 2.07. The summed E-state index contributed by atoms with van der Waals surface area (Å²) < 4.78 is 5.18. The predicted molar refractivity (Wildman–Crippen MR) is 48.9 cm³/mol. The van der Waals surface area contributed by atoms with Gasteiger partial charge in [0.05, 0.1) is 19.8 Å². The Morgan fingerprint density at radius 3 is 2.57 bits per heavy atom. The van der Waals surface area contributed by atoms with Gasteiger partial charge in [-0.2, -0.15) is 0 Å². The molecule has 4 nitrogen and oxygen atoms in total. The van der Waals surface area contributed by atoms with Crippen LogP contribution in [0.25, 0.3) is 0 Å². The molecule has 0 spiro atoms. The number of amides is 1. The van der Waals surface area contributed by atoms with Crippen LogP contribution in [0.2, 0.25) is 0 Å². The zero-order chi connectivity index (χ0) is 9.68. The first-order valence-electron chi connectivity index (χ1n) is 4.91. The number of ether oxygens (including phenoxy) is 1. The SMILES string of the molecule is CC(CC[NH3+])C(=O)N1CCOCC1.[Cl-]. The molecule has 1 heterocycles. The third-order valence-electron chi connectivity index (χ3n) is 2.38. The van der Waals surface area contributed by atoms with Gasteiger partial charge in [-0.25, -0.2) is 0 Å². The van der Waals surface area contributed by atoms with Crippen molar-refractivity contribution in [1.82, 2.24) is 4.90 Å². The molecule has 1 amide bonds. The molecular weight excluding hydrogens is 204 g/mol. The first-order valence-corrected chi connectivity index (χ1v) is 4.91. The van der Waals surface area contributed by atoms with Gasteiger partial charge in [0.1, 0.15) is 0 Å². The topological polar surface area (TPSA) is 57.2 Å². The number of quaternary nitrogens is 1. The third kappa shape index (κ3) is 3.82. The lowest BCUT2D eigenvalue weighted by atomic mass is 10.1. The number of hydrogen-bond acceptors (Lipinski definition) is 2. The largest absolute Gasteiger partial charge is 1.00 e. The van der Waals surface area contributed by atoms with Crippen molar-refractivity contribution in [3.63, 3.8) is 0 Å². The van der Waals surface area contributed by atoms with Crippen molar-refractivity contribution in [2.75, 3.05) is 32.8 Å². The van der Waals surface area contributed by atoms with Gasteiger partial charge in [-0.1, -0.05) is 6.92 Å². The molecule has 0 aromatic rings. The van der Waals surface area contributed by atoms with Gasteiger partial charge >= 0.3 is 0 Å². The summed E-state index contributed by atoms with van der Waals surface area (Å²) in [5.41, 5.74) is 3.76. The molecule has 0 aromatic heterocycles. The van der Waals surface area contributed by atoms with Crippen molar-refractivity contribution in [2.24, 2.45) is 5.92 Å². The van der Waals surface area contributed by atoms with Crippen LogP contribution < -0.4 is 18.1 Å². The van der Waals surface area contributed by atoms with Gasteiger partial charge in [0.15, 0.2) is 0 Å². The Morgan fingerprint density at radius 2 is 2.07 bits per heavy atom. The number of nitrogens with zero attached hydrogens (tertiary/aromatic N) is 1. The van der Waals surface area contributed by atoms with Crippen molar-refractivity contribution in [1.29, 1.82) is 0 Å². The van der Waals surface area contributed by atoms with Crippen molar-refractivity contribution in [2.45, 2.75) is 13.3 Å². The monoisotopic (exact) mass is 222 g/mol. The van der Waals surface area contributed by atoms with Crippen LogP contribution >= 0.6 is 0 Å². The molecule has 1 aliphatic heterocycles. The van der Waals surface area contributed by atoms with Crippen LogP contribution in [0.15, 0.2) is 0 Å². The van der Waals surface area contributed by atoms with Gasteiger partial charge in [0.2, 0.25) is 5.91 Å². The van der Waals surface area contributed by atoms with Gasteiger partial charge in [-0.15, -0.1) is 0 Å². The van der Waals surface area contributed by atoms with E-state index in [0.29, 0.717) is 13.2 Å². The van der Waals surface area contributed by atoms with E-state index in [4.69, 9.17) is 4.74 Å². The summed E-state index contributed by atoms with van der Waals surface area (Å²) in [6, 6.07) is 0. The van der Waals surface area contributed by atoms with E-state index in [1.165, 1.54) is 0 Å². The lowest BCUT2D eigenvalue weighted by Crippen LogP contribution is -3.00. The Morgan fingerprint density at radius 1 is 1.50 bits per heavy atom. The van der Waals surface area contributed by atoms with Crippen LogP contribution in [0.5, 0.6) is 0 Å². The summed E-state index contributed by atoms with van der Waals surface area (Å²) in [6.07, 6.45) is 0.885. The van der Waals surface area contributed by atoms with Gasteiger partial charge in [-0.3, -0.25) is 4.79 Å². The summed E-state index contributed by atoms with van der Waals surface area (Å²) in [7, 11) is 0.